The lowest BCUT2D eigenvalue weighted by atomic mass is 10.0. The van der Waals surface area contributed by atoms with Crippen molar-refractivity contribution in [1.82, 2.24) is 10.2 Å². The van der Waals surface area contributed by atoms with Crippen LogP contribution in [0.25, 0.3) is 0 Å². The van der Waals surface area contributed by atoms with Crippen molar-refractivity contribution >= 4 is 23.5 Å². The van der Waals surface area contributed by atoms with Gasteiger partial charge in [0.15, 0.2) is 0 Å². The van der Waals surface area contributed by atoms with Gasteiger partial charge in [-0.2, -0.15) is 23.5 Å². The zero-order chi connectivity index (χ0) is 12.8. The van der Waals surface area contributed by atoms with E-state index in [9.17, 15) is 0 Å². The van der Waals surface area contributed by atoms with E-state index in [1.165, 1.54) is 56.3 Å². The van der Waals surface area contributed by atoms with Crippen LogP contribution < -0.4 is 5.32 Å². The topological polar surface area (TPSA) is 15.3 Å². The highest BCUT2D eigenvalue weighted by Gasteiger charge is 2.22. The molecule has 0 bridgehead atoms. The number of nitrogens with zero attached hydrogens (tertiary/aromatic N) is 1. The predicted octanol–water partition coefficient (Wildman–Crippen LogP) is 2.54. The van der Waals surface area contributed by atoms with E-state index < -0.39 is 0 Å². The van der Waals surface area contributed by atoms with Crippen molar-refractivity contribution in [2.24, 2.45) is 5.92 Å². The minimum atomic E-state index is 0.716. The molecule has 2 unspecified atom stereocenters. The third-order valence-corrected chi connectivity index (χ3v) is 6.49. The van der Waals surface area contributed by atoms with Crippen LogP contribution in [-0.4, -0.2) is 59.6 Å². The Morgan fingerprint density at radius 3 is 2.94 bits per heavy atom. The number of thioether (sulfide) groups is 2. The molecule has 0 amide bonds. The van der Waals surface area contributed by atoms with Crippen molar-refractivity contribution in [3.05, 3.63) is 0 Å². The lowest BCUT2D eigenvalue weighted by molar-refractivity contribution is 0.259. The number of hydrogen-bond acceptors (Lipinski definition) is 4. The number of rotatable bonds is 4. The van der Waals surface area contributed by atoms with Crippen molar-refractivity contribution in [3.63, 3.8) is 0 Å². The monoisotopic (exact) mass is 288 g/mol. The first kappa shape index (κ1) is 15.0. The molecule has 2 heterocycles. The first-order valence-corrected chi connectivity index (χ1v) is 9.59. The summed E-state index contributed by atoms with van der Waals surface area (Å²) in [7, 11) is 0. The van der Waals surface area contributed by atoms with Gasteiger partial charge in [0.2, 0.25) is 0 Å². The first-order valence-electron chi connectivity index (χ1n) is 7.39. The molecule has 4 heteroatoms. The minimum Gasteiger partial charge on any atom is -0.313 e. The quantitative estimate of drug-likeness (QED) is 0.855. The van der Waals surface area contributed by atoms with Crippen LogP contribution in [-0.2, 0) is 0 Å². The molecule has 2 fully saturated rings. The van der Waals surface area contributed by atoms with Gasteiger partial charge in [0.25, 0.3) is 0 Å². The molecule has 2 rings (SSSR count). The summed E-state index contributed by atoms with van der Waals surface area (Å²) in [4.78, 5) is 2.72. The normalized spacial score (nSPS) is 31.5. The molecule has 106 valence electrons. The van der Waals surface area contributed by atoms with Crippen LogP contribution in [0.5, 0.6) is 0 Å². The van der Waals surface area contributed by atoms with E-state index in [0.717, 1.165) is 11.2 Å². The maximum Gasteiger partial charge on any atom is 0.0265 e. The van der Waals surface area contributed by atoms with Crippen LogP contribution in [0.4, 0.5) is 0 Å². The Bertz CT molecular complexity index is 230. The zero-order valence-corrected chi connectivity index (χ0v) is 13.5. The molecule has 0 spiro atoms. The third kappa shape index (κ3) is 5.32. The molecule has 0 aromatic carbocycles. The van der Waals surface area contributed by atoms with Crippen LogP contribution in [0.1, 0.15) is 26.7 Å². The highest BCUT2D eigenvalue weighted by Crippen LogP contribution is 2.25. The van der Waals surface area contributed by atoms with Gasteiger partial charge in [-0.25, -0.2) is 0 Å². The van der Waals surface area contributed by atoms with Crippen molar-refractivity contribution in [3.8, 4) is 0 Å². The largest absolute Gasteiger partial charge is 0.313 e. The van der Waals surface area contributed by atoms with Gasteiger partial charge >= 0.3 is 0 Å². The second kappa shape index (κ2) is 8.03. The summed E-state index contributed by atoms with van der Waals surface area (Å²) in [5.74, 6) is 4.89. The molecule has 18 heavy (non-hydrogen) atoms. The molecule has 0 aliphatic carbocycles. The van der Waals surface area contributed by atoms with Gasteiger partial charge < -0.3 is 10.2 Å². The fourth-order valence-electron chi connectivity index (χ4n) is 2.90. The van der Waals surface area contributed by atoms with Crippen molar-refractivity contribution < 1.29 is 0 Å². The van der Waals surface area contributed by atoms with E-state index in [4.69, 9.17) is 0 Å². The average molecular weight is 289 g/mol. The Morgan fingerprint density at radius 2 is 2.22 bits per heavy atom. The molecular weight excluding hydrogens is 260 g/mol. The zero-order valence-electron chi connectivity index (χ0n) is 11.9. The fourth-order valence-corrected chi connectivity index (χ4v) is 5.61. The smallest absolute Gasteiger partial charge is 0.0265 e. The molecular formula is C14H28N2S2. The minimum absolute atomic E-state index is 0.716. The van der Waals surface area contributed by atoms with Gasteiger partial charge in [0.1, 0.15) is 0 Å². The summed E-state index contributed by atoms with van der Waals surface area (Å²) in [6, 6.07) is 0.716. The van der Waals surface area contributed by atoms with Gasteiger partial charge in [-0.1, -0.05) is 13.8 Å². The van der Waals surface area contributed by atoms with Crippen molar-refractivity contribution in [1.29, 1.82) is 0 Å². The lowest BCUT2D eigenvalue weighted by Gasteiger charge is -2.30. The van der Waals surface area contributed by atoms with E-state index in [2.05, 4.69) is 47.6 Å². The van der Waals surface area contributed by atoms with E-state index in [0.29, 0.717) is 6.04 Å². The van der Waals surface area contributed by atoms with E-state index in [-0.39, 0.29) is 0 Å². The van der Waals surface area contributed by atoms with Gasteiger partial charge in [0.05, 0.1) is 0 Å². The molecule has 0 aromatic rings. The number of nitrogens with one attached hydrogen (secondary N) is 1. The molecule has 0 radical (unpaired) electrons. The SMILES string of the molecule is CC(C)CC1CN(CC2CSCCS2)CCCN1. The second-order valence-electron chi connectivity index (χ2n) is 5.96. The van der Waals surface area contributed by atoms with E-state index >= 15 is 0 Å². The van der Waals surface area contributed by atoms with Crippen LogP contribution in [0.2, 0.25) is 0 Å². The maximum absolute atomic E-state index is 3.73. The average Bonchev–Trinajstić information content (AvgIpc) is 2.55. The van der Waals surface area contributed by atoms with Gasteiger partial charge in [-0.15, -0.1) is 0 Å². The third-order valence-electron chi connectivity index (χ3n) is 3.67. The summed E-state index contributed by atoms with van der Waals surface area (Å²) in [6.45, 7) is 9.76. The van der Waals surface area contributed by atoms with Crippen LogP contribution in [0.3, 0.4) is 0 Å². The Hall–Kier alpha value is 0.620. The molecule has 2 atom stereocenters. The molecule has 2 nitrogen and oxygen atoms in total. The van der Waals surface area contributed by atoms with Crippen molar-refractivity contribution in [2.45, 2.75) is 38.0 Å². The summed E-state index contributed by atoms with van der Waals surface area (Å²) in [6.07, 6.45) is 2.64. The molecule has 0 aromatic heterocycles. The summed E-state index contributed by atoms with van der Waals surface area (Å²) >= 11 is 4.34. The summed E-state index contributed by atoms with van der Waals surface area (Å²) in [5, 5.41) is 4.60. The van der Waals surface area contributed by atoms with Crippen LogP contribution >= 0.6 is 23.5 Å². The maximum atomic E-state index is 3.73. The predicted molar refractivity (Wildman–Crippen MR) is 85.9 cm³/mol. The summed E-state index contributed by atoms with van der Waals surface area (Å²) < 4.78 is 0. The van der Waals surface area contributed by atoms with Gasteiger partial charge in [0, 0.05) is 41.6 Å². The highest BCUT2D eigenvalue weighted by atomic mass is 32.2. The second-order valence-corrected chi connectivity index (χ2v) is 8.52. The lowest BCUT2D eigenvalue weighted by Crippen LogP contribution is -2.41. The number of hydrogen-bond donors (Lipinski definition) is 1. The Balaban J connectivity index is 1.78. The molecule has 2 saturated heterocycles. The van der Waals surface area contributed by atoms with Crippen LogP contribution in [0, 0.1) is 5.92 Å². The summed E-state index contributed by atoms with van der Waals surface area (Å²) in [5.41, 5.74) is 0. The molecule has 2 aliphatic heterocycles. The molecule has 0 saturated carbocycles. The van der Waals surface area contributed by atoms with E-state index in [1.807, 2.05) is 0 Å². The molecule has 2 aliphatic rings. The Morgan fingerprint density at radius 1 is 1.33 bits per heavy atom. The van der Waals surface area contributed by atoms with Crippen molar-refractivity contribution in [2.75, 3.05) is 43.4 Å². The molecule has 1 N–H and O–H groups in total. The highest BCUT2D eigenvalue weighted by molar-refractivity contribution is 8.06. The van der Waals surface area contributed by atoms with E-state index in [1.54, 1.807) is 0 Å². The Kier molecular flexibility index (Phi) is 6.70. The standard InChI is InChI=1S/C14H28N2S2/c1-12(2)8-13-9-16(5-3-4-15-13)10-14-11-17-6-7-18-14/h12-15H,3-11H2,1-2H3. The fraction of sp³-hybridized carbons (Fsp3) is 1.00. The van der Waals surface area contributed by atoms with Gasteiger partial charge in [-0.05, 0) is 31.8 Å². The first-order chi connectivity index (χ1) is 8.74. The van der Waals surface area contributed by atoms with Crippen LogP contribution in [0.15, 0.2) is 0 Å². The Labute approximate surface area is 121 Å². The van der Waals surface area contributed by atoms with Gasteiger partial charge in [-0.3, -0.25) is 0 Å².